The summed E-state index contributed by atoms with van der Waals surface area (Å²) in [6.07, 6.45) is 8.35. The lowest BCUT2D eigenvalue weighted by Crippen LogP contribution is -2.32. The van der Waals surface area contributed by atoms with Crippen molar-refractivity contribution in [2.75, 3.05) is 0 Å². The number of ether oxygens (including phenoxy) is 2. The summed E-state index contributed by atoms with van der Waals surface area (Å²) in [6, 6.07) is 10.3. The van der Waals surface area contributed by atoms with Gasteiger partial charge in [0.15, 0.2) is 6.10 Å². The Morgan fingerprint density at radius 2 is 1.90 bits per heavy atom. The fourth-order valence-electron chi connectivity index (χ4n) is 3.82. The van der Waals surface area contributed by atoms with Crippen molar-refractivity contribution in [3.05, 3.63) is 58.9 Å². The average molecular weight is 423 g/mol. The van der Waals surface area contributed by atoms with Crippen LogP contribution in [0.25, 0.3) is 16.9 Å². The van der Waals surface area contributed by atoms with Crippen molar-refractivity contribution < 1.29 is 19.2 Å². The normalized spacial score (nSPS) is 15.5. The van der Waals surface area contributed by atoms with Crippen molar-refractivity contribution in [1.29, 1.82) is 0 Å². The fraction of sp³-hybridized carbons (Fsp3) is 0.391. The van der Waals surface area contributed by atoms with Crippen LogP contribution in [0.3, 0.4) is 0 Å². The van der Waals surface area contributed by atoms with Gasteiger partial charge in [-0.1, -0.05) is 13.3 Å². The standard InChI is InChI=1S/C23H25N3O5/c1-2-21(23(27)31-18-6-4-3-5-7-18)30-19-11-8-16(9-12-19)20-15-25-14-17(26(28)29)10-13-22(25)24-20/h8-15,18,21H,2-7H2,1H3. The zero-order chi connectivity index (χ0) is 21.8. The minimum atomic E-state index is -0.636. The highest BCUT2D eigenvalue weighted by Gasteiger charge is 2.25. The van der Waals surface area contributed by atoms with Gasteiger partial charge in [-0.15, -0.1) is 0 Å². The number of nitro groups is 1. The lowest BCUT2D eigenvalue weighted by atomic mass is 9.98. The number of carbonyl (C=O) groups excluding carboxylic acids is 1. The molecule has 31 heavy (non-hydrogen) atoms. The van der Waals surface area contributed by atoms with E-state index < -0.39 is 11.0 Å². The number of hydrogen-bond donors (Lipinski definition) is 0. The lowest BCUT2D eigenvalue weighted by molar-refractivity contribution is -0.385. The number of hydrogen-bond acceptors (Lipinski definition) is 6. The molecule has 4 rings (SSSR count). The maximum atomic E-state index is 12.5. The van der Waals surface area contributed by atoms with Crippen LogP contribution in [0.1, 0.15) is 45.4 Å². The van der Waals surface area contributed by atoms with Gasteiger partial charge in [-0.2, -0.15) is 0 Å². The van der Waals surface area contributed by atoms with Gasteiger partial charge in [-0.3, -0.25) is 14.5 Å². The third-order valence-electron chi connectivity index (χ3n) is 5.54. The molecule has 1 aromatic carbocycles. The molecule has 1 atom stereocenters. The molecule has 0 amide bonds. The summed E-state index contributed by atoms with van der Waals surface area (Å²) in [4.78, 5) is 27.5. The van der Waals surface area contributed by atoms with Gasteiger partial charge in [0.1, 0.15) is 17.5 Å². The number of benzene rings is 1. The Morgan fingerprint density at radius 3 is 2.58 bits per heavy atom. The van der Waals surface area contributed by atoms with Crippen LogP contribution in [0.15, 0.2) is 48.8 Å². The van der Waals surface area contributed by atoms with Gasteiger partial charge in [0, 0.05) is 17.8 Å². The van der Waals surface area contributed by atoms with Gasteiger partial charge >= 0.3 is 5.97 Å². The zero-order valence-corrected chi connectivity index (χ0v) is 17.4. The number of nitrogens with zero attached hydrogens (tertiary/aromatic N) is 3. The molecule has 162 valence electrons. The largest absolute Gasteiger partial charge is 0.479 e. The van der Waals surface area contributed by atoms with Crippen molar-refractivity contribution in [3.8, 4) is 17.0 Å². The molecule has 0 bridgehead atoms. The van der Waals surface area contributed by atoms with E-state index in [4.69, 9.17) is 9.47 Å². The monoisotopic (exact) mass is 423 g/mol. The van der Waals surface area contributed by atoms with Gasteiger partial charge in [-0.25, -0.2) is 9.78 Å². The molecule has 1 fully saturated rings. The minimum Gasteiger partial charge on any atom is -0.479 e. The van der Waals surface area contributed by atoms with E-state index >= 15 is 0 Å². The zero-order valence-electron chi connectivity index (χ0n) is 17.4. The van der Waals surface area contributed by atoms with Gasteiger partial charge in [0.2, 0.25) is 0 Å². The van der Waals surface area contributed by atoms with E-state index in [-0.39, 0.29) is 17.8 Å². The fourth-order valence-corrected chi connectivity index (χ4v) is 3.82. The Labute approximate surface area is 180 Å². The molecule has 2 heterocycles. The summed E-state index contributed by atoms with van der Waals surface area (Å²) < 4.78 is 13.2. The van der Waals surface area contributed by atoms with E-state index in [1.807, 2.05) is 19.1 Å². The van der Waals surface area contributed by atoms with E-state index in [0.29, 0.717) is 23.5 Å². The number of imidazole rings is 1. The Morgan fingerprint density at radius 1 is 1.16 bits per heavy atom. The number of rotatable bonds is 7. The molecular formula is C23H25N3O5. The highest BCUT2D eigenvalue weighted by Crippen LogP contribution is 2.25. The molecule has 1 aliphatic carbocycles. The van der Waals surface area contributed by atoms with Gasteiger partial charge in [-0.05, 0) is 62.4 Å². The molecular weight excluding hydrogens is 398 g/mol. The van der Waals surface area contributed by atoms with Crippen molar-refractivity contribution in [3.63, 3.8) is 0 Å². The molecule has 0 saturated heterocycles. The number of esters is 1. The third-order valence-corrected chi connectivity index (χ3v) is 5.54. The topological polar surface area (TPSA) is 96.0 Å². The Bertz CT molecular complexity index is 1070. The molecule has 8 nitrogen and oxygen atoms in total. The SMILES string of the molecule is CCC(Oc1ccc(-c2cn3cc([N+](=O)[O-])ccc3n2)cc1)C(=O)OC1CCCCC1. The highest BCUT2D eigenvalue weighted by molar-refractivity contribution is 5.75. The van der Waals surface area contributed by atoms with Crippen LogP contribution in [0.5, 0.6) is 5.75 Å². The van der Waals surface area contributed by atoms with E-state index in [0.717, 1.165) is 31.2 Å². The van der Waals surface area contributed by atoms with Gasteiger partial charge in [0.05, 0.1) is 16.8 Å². The molecule has 0 radical (unpaired) electrons. The van der Waals surface area contributed by atoms with Crippen LogP contribution in [-0.2, 0) is 9.53 Å². The predicted molar refractivity (Wildman–Crippen MR) is 115 cm³/mol. The van der Waals surface area contributed by atoms with Crippen LogP contribution in [0.2, 0.25) is 0 Å². The van der Waals surface area contributed by atoms with E-state index in [1.54, 1.807) is 28.8 Å². The van der Waals surface area contributed by atoms with E-state index in [1.165, 1.54) is 18.7 Å². The Hall–Kier alpha value is -3.42. The lowest BCUT2D eigenvalue weighted by Gasteiger charge is -2.24. The number of aromatic nitrogens is 2. The summed E-state index contributed by atoms with van der Waals surface area (Å²) in [5.41, 5.74) is 2.16. The predicted octanol–water partition coefficient (Wildman–Crippen LogP) is 4.94. The minimum absolute atomic E-state index is 0.00548. The second-order valence-electron chi connectivity index (χ2n) is 7.77. The highest BCUT2D eigenvalue weighted by atomic mass is 16.6. The third kappa shape index (κ3) is 4.84. The summed E-state index contributed by atoms with van der Waals surface area (Å²) >= 11 is 0. The summed E-state index contributed by atoms with van der Waals surface area (Å²) in [5, 5.41) is 11.0. The molecule has 0 aliphatic heterocycles. The molecule has 2 aromatic heterocycles. The summed E-state index contributed by atoms with van der Waals surface area (Å²) in [5.74, 6) is 0.274. The molecule has 1 saturated carbocycles. The van der Waals surface area contributed by atoms with Crippen LogP contribution in [0.4, 0.5) is 5.69 Å². The van der Waals surface area contributed by atoms with Crippen LogP contribution >= 0.6 is 0 Å². The second-order valence-corrected chi connectivity index (χ2v) is 7.77. The summed E-state index contributed by atoms with van der Waals surface area (Å²) in [7, 11) is 0. The Kier molecular flexibility index (Phi) is 6.16. The van der Waals surface area contributed by atoms with Crippen molar-refractivity contribution >= 4 is 17.3 Å². The Balaban J connectivity index is 1.44. The number of pyridine rings is 1. The van der Waals surface area contributed by atoms with Crippen LogP contribution in [0, 0.1) is 10.1 Å². The maximum Gasteiger partial charge on any atom is 0.347 e. The molecule has 1 aliphatic rings. The van der Waals surface area contributed by atoms with Crippen LogP contribution in [-0.4, -0.2) is 32.5 Å². The molecule has 0 N–H and O–H groups in total. The smallest absolute Gasteiger partial charge is 0.347 e. The van der Waals surface area contributed by atoms with Crippen LogP contribution < -0.4 is 4.74 Å². The first kappa shape index (κ1) is 20.8. The molecule has 1 unspecified atom stereocenters. The quantitative estimate of drug-likeness (QED) is 0.303. The van der Waals surface area contributed by atoms with Crippen molar-refractivity contribution in [2.45, 2.75) is 57.7 Å². The van der Waals surface area contributed by atoms with Gasteiger partial charge in [0.25, 0.3) is 5.69 Å². The van der Waals surface area contributed by atoms with Crippen molar-refractivity contribution in [2.24, 2.45) is 0 Å². The number of carbonyl (C=O) groups is 1. The first-order chi connectivity index (χ1) is 15.0. The second kappa shape index (κ2) is 9.16. The average Bonchev–Trinajstić information content (AvgIpc) is 3.22. The molecule has 8 heteroatoms. The number of fused-ring (bicyclic) bond motifs is 1. The molecule has 3 aromatic rings. The maximum absolute atomic E-state index is 12.5. The van der Waals surface area contributed by atoms with Gasteiger partial charge < -0.3 is 9.47 Å². The first-order valence-corrected chi connectivity index (χ1v) is 10.6. The first-order valence-electron chi connectivity index (χ1n) is 10.6. The van der Waals surface area contributed by atoms with E-state index in [9.17, 15) is 14.9 Å². The van der Waals surface area contributed by atoms with Crippen molar-refractivity contribution in [1.82, 2.24) is 9.38 Å². The van der Waals surface area contributed by atoms with E-state index in [2.05, 4.69) is 4.98 Å². The summed E-state index contributed by atoms with van der Waals surface area (Å²) in [6.45, 7) is 1.90. The molecule has 0 spiro atoms.